The summed E-state index contributed by atoms with van der Waals surface area (Å²) < 4.78 is 5.14. The van der Waals surface area contributed by atoms with Crippen LogP contribution < -0.4 is 9.61 Å². The summed E-state index contributed by atoms with van der Waals surface area (Å²) in [6, 6.07) is 5.00. The van der Waals surface area contributed by atoms with E-state index < -0.39 is 0 Å². The van der Waals surface area contributed by atoms with Gasteiger partial charge in [0, 0.05) is 10.6 Å². The minimum absolute atomic E-state index is 0.171. The summed E-state index contributed by atoms with van der Waals surface area (Å²) in [6.07, 6.45) is 0. The molecule has 1 aromatic heterocycles. The molecule has 2 N–H and O–H groups in total. The molecule has 0 unspecified atom stereocenters. The second-order valence-electron chi connectivity index (χ2n) is 3.04. The van der Waals surface area contributed by atoms with Gasteiger partial charge < -0.3 is 9.84 Å². The largest absolute Gasteiger partial charge is 0.496 e. The first kappa shape index (κ1) is 11.0. The number of hydrogen-bond donors (Lipinski definition) is 2. The summed E-state index contributed by atoms with van der Waals surface area (Å²) in [6.45, 7) is 0. The van der Waals surface area contributed by atoms with Crippen molar-refractivity contribution in [1.29, 1.82) is 0 Å². The monoisotopic (exact) mass is 257 g/mol. The highest BCUT2D eigenvalue weighted by molar-refractivity contribution is 7.13. The first-order chi connectivity index (χ1) is 7.61. The van der Waals surface area contributed by atoms with Crippen molar-refractivity contribution in [2.45, 2.75) is 0 Å². The summed E-state index contributed by atoms with van der Waals surface area (Å²) >= 11 is 6.77. The number of nitrogens with one attached hydrogen (secondary N) is 1. The highest BCUT2D eigenvalue weighted by Crippen LogP contribution is 2.38. The second-order valence-corrected chi connectivity index (χ2v) is 4.46. The molecule has 1 aromatic carbocycles. The Bertz CT molecular complexity index is 576. The van der Waals surface area contributed by atoms with Crippen LogP contribution in [0.5, 0.6) is 11.6 Å². The average Bonchev–Trinajstić information content (AvgIpc) is 2.57. The molecule has 16 heavy (non-hydrogen) atoms. The zero-order valence-electron chi connectivity index (χ0n) is 8.28. The Morgan fingerprint density at radius 1 is 1.50 bits per heavy atom. The molecule has 6 heteroatoms. The molecule has 2 rings (SSSR count). The van der Waals surface area contributed by atoms with Crippen LogP contribution in [0.2, 0.25) is 5.02 Å². The molecule has 0 aliphatic rings. The molecule has 0 aliphatic heterocycles. The zero-order valence-corrected chi connectivity index (χ0v) is 9.85. The van der Waals surface area contributed by atoms with Crippen molar-refractivity contribution >= 4 is 22.9 Å². The fourth-order valence-corrected chi connectivity index (χ4v) is 2.28. The SMILES string of the molecule is COc1ccc(Cl)cc1-c1sc(=O)[nH]c1O. The molecule has 0 saturated heterocycles. The van der Waals surface area contributed by atoms with E-state index in [0.717, 1.165) is 11.3 Å². The third-order valence-corrected chi connectivity index (χ3v) is 3.18. The van der Waals surface area contributed by atoms with Gasteiger partial charge in [0.25, 0.3) is 0 Å². The smallest absolute Gasteiger partial charge is 0.307 e. The van der Waals surface area contributed by atoms with Gasteiger partial charge in [-0.25, -0.2) is 0 Å². The molecule has 0 fully saturated rings. The minimum atomic E-state index is -0.325. The van der Waals surface area contributed by atoms with Crippen LogP contribution in [0.15, 0.2) is 23.0 Å². The fourth-order valence-electron chi connectivity index (χ4n) is 1.36. The van der Waals surface area contributed by atoms with Crippen molar-refractivity contribution < 1.29 is 9.84 Å². The number of aromatic nitrogens is 1. The van der Waals surface area contributed by atoms with E-state index in [9.17, 15) is 9.90 Å². The van der Waals surface area contributed by atoms with Crippen LogP contribution in [0, 0.1) is 0 Å². The number of aromatic amines is 1. The van der Waals surface area contributed by atoms with E-state index in [1.807, 2.05) is 0 Å². The van der Waals surface area contributed by atoms with Crippen molar-refractivity contribution in [2.24, 2.45) is 0 Å². The average molecular weight is 258 g/mol. The Kier molecular flexibility index (Phi) is 2.89. The Hall–Kier alpha value is -1.46. The Labute approximate surface area is 100 Å². The summed E-state index contributed by atoms with van der Waals surface area (Å²) in [4.78, 5) is 13.5. The minimum Gasteiger partial charge on any atom is -0.496 e. The lowest BCUT2D eigenvalue weighted by atomic mass is 10.2. The molecule has 84 valence electrons. The maximum Gasteiger partial charge on any atom is 0.307 e. The van der Waals surface area contributed by atoms with Gasteiger partial charge in [0.15, 0.2) is 0 Å². The summed E-state index contributed by atoms with van der Waals surface area (Å²) in [7, 11) is 1.51. The highest BCUT2D eigenvalue weighted by Gasteiger charge is 2.14. The van der Waals surface area contributed by atoms with Gasteiger partial charge in [0.1, 0.15) is 10.6 Å². The van der Waals surface area contributed by atoms with E-state index in [0.29, 0.717) is 21.2 Å². The Morgan fingerprint density at radius 2 is 2.25 bits per heavy atom. The lowest BCUT2D eigenvalue weighted by Crippen LogP contribution is -1.89. The van der Waals surface area contributed by atoms with Crippen molar-refractivity contribution in [3.8, 4) is 22.1 Å². The number of methoxy groups -OCH3 is 1. The summed E-state index contributed by atoms with van der Waals surface area (Å²) in [5.74, 6) is 0.380. The van der Waals surface area contributed by atoms with Gasteiger partial charge in [-0.1, -0.05) is 22.9 Å². The first-order valence-corrected chi connectivity index (χ1v) is 5.57. The van der Waals surface area contributed by atoms with Gasteiger partial charge >= 0.3 is 4.87 Å². The van der Waals surface area contributed by atoms with Crippen LogP contribution in [-0.4, -0.2) is 17.2 Å². The van der Waals surface area contributed by atoms with Gasteiger partial charge in [0.2, 0.25) is 5.88 Å². The van der Waals surface area contributed by atoms with Crippen molar-refractivity contribution in [3.05, 3.63) is 32.9 Å². The predicted octanol–water partition coefficient (Wildman–Crippen LogP) is 2.47. The maximum atomic E-state index is 11.1. The van der Waals surface area contributed by atoms with Crippen LogP contribution in [0.3, 0.4) is 0 Å². The lowest BCUT2D eigenvalue weighted by molar-refractivity contribution is 0.415. The van der Waals surface area contributed by atoms with E-state index in [1.54, 1.807) is 18.2 Å². The molecular formula is C10H8ClNO3S. The van der Waals surface area contributed by atoms with Gasteiger partial charge in [0.05, 0.1) is 7.11 Å². The molecule has 2 aromatic rings. The lowest BCUT2D eigenvalue weighted by Gasteiger charge is -2.06. The molecule has 0 saturated carbocycles. The van der Waals surface area contributed by atoms with E-state index >= 15 is 0 Å². The normalized spacial score (nSPS) is 10.4. The molecular weight excluding hydrogens is 250 g/mol. The number of thiazole rings is 1. The number of H-pyrrole nitrogens is 1. The van der Waals surface area contributed by atoms with E-state index in [1.165, 1.54) is 7.11 Å². The predicted molar refractivity (Wildman–Crippen MR) is 63.6 cm³/mol. The van der Waals surface area contributed by atoms with Gasteiger partial charge in [-0.2, -0.15) is 0 Å². The number of rotatable bonds is 2. The topological polar surface area (TPSA) is 62.3 Å². The molecule has 0 spiro atoms. The number of benzene rings is 1. The van der Waals surface area contributed by atoms with Gasteiger partial charge in [-0.05, 0) is 18.2 Å². The number of ether oxygens (including phenoxy) is 1. The molecule has 0 amide bonds. The standard InChI is InChI=1S/C10H8ClNO3S/c1-15-7-3-2-5(11)4-6(7)8-9(13)12-10(14)16-8/h2-4,13H,1H3,(H,12,14). The Morgan fingerprint density at radius 3 is 2.81 bits per heavy atom. The van der Waals surface area contributed by atoms with Gasteiger partial charge in [-0.3, -0.25) is 9.78 Å². The maximum absolute atomic E-state index is 11.1. The van der Waals surface area contributed by atoms with E-state index in [2.05, 4.69) is 4.98 Å². The molecule has 4 nitrogen and oxygen atoms in total. The summed E-state index contributed by atoms with van der Waals surface area (Å²) in [5, 5.41) is 10.1. The van der Waals surface area contributed by atoms with Crippen LogP contribution in [-0.2, 0) is 0 Å². The molecule has 1 heterocycles. The first-order valence-electron chi connectivity index (χ1n) is 4.38. The number of hydrogen-bond acceptors (Lipinski definition) is 4. The van der Waals surface area contributed by atoms with Crippen LogP contribution in [0.1, 0.15) is 0 Å². The number of halogens is 1. The third-order valence-electron chi connectivity index (χ3n) is 2.04. The van der Waals surface area contributed by atoms with E-state index in [4.69, 9.17) is 16.3 Å². The number of aromatic hydroxyl groups is 1. The van der Waals surface area contributed by atoms with Crippen LogP contribution in [0.25, 0.3) is 10.4 Å². The molecule has 0 aliphatic carbocycles. The van der Waals surface area contributed by atoms with Crippen molar-refractivity contribution in [2.75, 3.05) is 7.11 Å². The van der Waals surface area contributed by atoms with E-state index in [-0.39, 0.29) is 10.8 Å². The molecule has 0 bridgehead atoms. The van der Waals surface area contributed by atoms with Crippen LogP contribution >= 0.6 is 22.9 Å². The summed E-state index contributed by atoms with van der Waals surface area (Å²) in [5.41, 5.74) is 0.593. The molecule has 0 atom stereocenters. The zero-order chi connectivity index (χ0) is 11.7. The van der Waals surface area contributed by atoms with Crippen LogP contribution in [0.4, 0.5) is 0 Å². The highest BCUT2D eigenvalue weighted by atomic mass is 35.5. The molecule has 0 radical (unpaired) electrons. The van der Waals surface area contributed by atoms with Gasteiger partial charge in [-0.15, -0.1) is 0 Å². The third kappa shape index (κ3) is 1.91. The Balaban J connectivity index is 2.67. The quantitative estimate of drug-likeness (QED) is 0.869. The van der Waals surface area contributed by atoms with Crippen molar-refractivity contribution in [3.63, 3.8) is 0 Å². The fraction of sp³-hybridized carbons (Fsp3) is 0.100. The van der Waals surface area contributed by atoms with Crippen molar-refractivity contribution in [1.82, 2.24) is 4.98 Å². The second kappa shape index (κ2) is 4.19.